The van der Waals surface area contributed by atoms with Crippen molar-refractivity contribution in [2.45, 2.75) is 71.5 Å². The number of aliphatic hydroxyl groups is 1. The summed E-state index contributed by atoms with van der Waals surface area (Å²) in [6.45, 7) is 7.84. The number of rotatable bonds is 18. The molecule has 0 spiro atoms. The number of aliphatic hydroxyl groups excluding tert-OH is 1. The van der Waals surface area contributed by atoms with Crippen molar-refractivity contribution in [2.24, 2.45) is 11.8 Å². The molecule has 3 aromatic carbocycles. The van der Waals surface area contributed by atoms with Gasteiger partial charge in [-0.05, 0) is 47.1 Å². The third-order valence-electron chi connectivity index (χ3n) is 8.58. The summed E-state index contributed by atoms with van der Waals surface area (Å²) in [7, 11) is 6.38. The summed E-state index contributed by atoms with van der Waals surface area (Å²) < 4.78 is 5.96. The fourth-order valence-corrected chi connectivity index (χ4v) is 5.40. The molecule has 13 heteroatoms. The van der Waals surface area contributed by atoms with Crippen LogP contribution in [0, 0.1) is 11.8 Å². The van der Waals surface area contributed by atoms with Crippen LogP contribution in [0.1, 0.15) is 44.4 Å². The molecule has 0 saturated heterocycles. The molecule has 288 valence electrons. The number of hydrazine groups is 1. The van der Waals surface area contributed by atoms with E-state index in [1.54, 1.807) is 33.2 Å². The second-order valence-electron chi connectivity index (χ2n) is 14.3. The Morgan fingerprint density at radius 1 is 0.642 bits per heavy atom. The second kappa shape index (κ2) is 20.8. The molecule has 6 amide bonds. The standard InChI is InChI=1S/C40H57N7O6/c1-27(2)35(42-39(51)45(5)6)37(49)41-33(23-29-15-11-9-12-16-29)34(48)25-47(44-38(50)36(28(3)4)43-40(52)46(7)8)24-30-19-21-32(22-20-30)53-26-31-17-13-10-14-18-31/h9-22,27-28,33-36,48H,23-26H2,1-8H3,(H,41,49)(H,42,51)(H,43,52)(H,44,50)/t33-,34-,35-,36-/m0/s1. The highest BCUT2D eigenvalue weighted by atomic mass is 16.5. The maximum atomic E-state index is 13.8. The minimum absolute atomic E-state index is 0.0847. The number of ether oxygens (including phenoxy) is 1. The van der Waals surface area contributed by atoms with E-state index < -0.39 is 48.1 Å². The number of hydrogen-bond donors (Lipinski definition) is 5. The van der Waals surface area contributed by atoms with E-state index in [0.29, 0.717) is 12.4 Å². The van der Waals surface area contributed by atoms with Gasteiger partial charge in [0.05, 0.1) is 12.1 Å². The van der Waals surface area contributed by atoms with Crippen LogP contribution in [-0.4, -0.2) is 103 Å². The van der Waals surface area contributed by atoms with E-state index in [1.807, 2.05) is 113 Å². The van der Waals surface area contributed by atoms with Gasteiger partial charge in [-0.1, -0.05) is 100 Å². The number of carbonyl (C=O) groups is 4. The number of nitrogens with one attached hydrogen (secondary N) is 4. The van der Waals surface area contributed by atoms with Crippen LogP contribution in [-0.2, 0) is 29.2 Å². The molecular formula is C40H57N7O6. The smallest absolute Gasteiger partial charge is 0.317 e. The van der Waals surface area contributed by atoms with E-state index >= 15 is 0 Å². The molecule has 5 N–H and O–H groups in total. The molecule has 0 saturated carbocycles. The summed E-state index contributed by atoms with van der Waals surface area (Å²) in [5.41, 5.74) is 5.66. The van der Waals surface area contributed by atoms with Crippen molar-refractivity contribution in [1.82, 2.24) is 36.2 Å². The quantitative estimate of drug-likeness (QED) is 0.125. The fourth-order valence-electron chi connectivity index (χ4n) is 5.40. The molecule has 0 aliphatic rings. The zero-order chi connectivity index (χ0) is 39.1. The van der Waals surface area contributed by atoms with Gasteiger partial charge in [0.25, 0.3) is 5.91 Å². The van der Waals surface area contributed by atoms with Crippen molar-refractivity contribution < 1.29 is 29.0 Å². The van der Waals surface area contributed by atoms with E-state index in [1.165, 1.54) is 9.80 Å². The Morgan fingerprint density at radius 3 is 1.62 bits per heavy atom. The van der Waals surface area contributed by atoms with Crippen molar-refractivity contribution in [3.05, 3.63) is 102 Å². The Morgan fingerprint density at radius 2 is 1.13 bits per heavy atom. The van der Waals surface area contributed by atoms with Crippen LogP contribution >= 0.6 is 0 Å². The maximum absolute atomic E-state index is 13.8. The number of nitrogens with zero attached hydrogens (tertiary/aromatic N) is 3. The number of amides is 6. The van der Waals surface area contributed by atoms with Gasteiger partial charge in [0.1, 0.15) is 24.4 Å². The number of urea groups is 2. The summed E-state index contributed by atoms with van der Waals surface area (Å²) in [6.07, 6.45) is -0.901. The molecule has 0 aliphatic heterocycles. The summed E-state index contributed by atoms with van der Waals surface area (Å²) in [4.78, 5) is 55.3. The highest BCUT2D eigenvalue weighted by molar-refractivity contribution is 5.88. The van der Waals surface area contributed by atoms with Crippen molar-refractivity contribution in [3.8, 4) is 5.75 Å². The van der Waals surface area contributed by atoms with Crippen molar-refractivity contribution >= 4 is 23.9 Å². The van der Waals surface area contributed by atoms with Crippen LogP contribution in [0.5, 0.6) is 5.75 Å². The average molecular weight is 732 g/mol. The molecule has 3 rings (SSSR count). The van der Waals surface area contributed by atoms with Crippen molar-refractivity contribution in [3.63, 3.8) is 0 Å². The van der Waals surface area contributed by atoms with Crippen molar-refractivity contribution in [1.29, 1.82) is 0 Å². The third-order valence-corrected chi connectivity index (χ3v) is 8.58. The topological polar surface area (TPSA) is 156 Å². The Balaban J connectivity index is 1.89. The zero-order valence-corrected chi connectivity index (χ0v) is 32.2. The molecule has 0 aliphatic carbocycles. The summed E-state index contributed by atoms with van der Waals surface area (Å²) in [5.74, 6) is -0.717. The van der Waals surface area contributed by atoms with Crippen LogP contribution < -0.4 is 26.1 Å². The van der Waals surface area contributed by atoms with Gasteiger partial charge < -0.3 is 35.6 Å². The number of carbonyl (C=O) groups excluding carboxylic acids is 4. The number of hydrogen-bond acceptors (Lipinski definition) is 7. The van der Waals surface area contributed by atoms with Crippen LogP contribution in [0.2, 0.25) is 0 Å². The van der Waals surface area contributed by atoms with E-state index in [9.17, 15) is 24.3 Å². The lowest BCUT2D eigenvalue weighted by Crippen LogP contribution is -2.59. The first kappa shape index (κ1) is 42.3. The van der Waals surface area contributed by atoms with Crippen LogP contribution in [0.3, 0.4) is 0 Å². The summed E-state index contributed by atoms with van der Waals surface area (Å²) in [6, 6.07) is 23.4. The van der Waals surface area contributed by atoms with E-state index in [2.05, 4.69) is 21.4 Å². The lowest BCUT2D eigenvalue weighted by molar-refractivity contribution is -0.131. The van der Waals surface area contributed by atoms with E-state index in [-0.39, 0.29) is 31.3 Å². The highest BCUT2D eigenvalue weighted by Crippen LogP contribution is 2.17. The molecule has 53 heavy (non-hydrogen) atoms. The van der Waals surface area contributed by atoms with Gasteiger partial charge in [-0.25, -0.2) is 14.6 Å². The average Bonchev–Trinajstić information content (AvgIpc) is 3.12. The first-order valence-corrected chi connectivity index (χ1v) is 17.9. The molecule has 13 nitrogen and oxygen atoms in total. The zero-order valence-electron chi connectivity index (χ0n) is 32.2. The minimum atomic E-state index is -1.18. The van der Waals surface area contributed by atoms with Gasteiger partial charge in [-0.2, -0.15) is 0 Å². The summed E-state index contributed by atoms with van der Waals surface area (Å²) >= 11 is 0. The molecule has 0 radical (unpaired) electrons. The highest BCUT2D eigenvalue weighted by Gasteiger charge is 2.32. The fraction of sp³-hybridized carbons (Fsp3) is 0.450. The Bertz CT molecular complexity index is 1590. The van der Waals surface area contributed by atoms with Crippen LogP contribution in [0.15, 0.2) is 84.9 Å². The van der Waals surface area contributed by atoms with E-state index in [4.69, 9.17) is 4.74 Å². The van der Waals surface area contributed by atoms with Gasteiger partial charge in [-0.3, -0.25) is 15.0 Å². The predicted octanol–water partition coefficient (Wildman–Crippen LogP) is 3.78. The molecule has 3 aromatic rings. The van der Waals surface area contributed by atoms with Crippen LogP contribution in [0.4, 0.5) is 9.59 Å². The van der Waals surface area contributed by atoms with Gasteiger partial charge in [0.15, 0.2) is 0 Å². The molecule has 0 aromatic heterocycles. The third kappa shape index (κ3) is 14.1. The monoisotopic (exact) mass is 731 g/mol. The minimum Gasteiger partial charge on any atom is -0.489 e. The SMILES string of the molecule is CC(C)[C@H](NC(=O)N(C)C)C(=O)N[C@@H](Cc1ccccc1)[C@@H](O)CN(Cc1ccc(OCc2ccccc2)cc1)NC(=O)[C@@H](NC(=O)N(C)C)C(C)C. The Labute approximate surface area is 314 Å². The first-order chi connectivity index (χ1) is 25.1. The Hall–Kier alpha value is -5.14. The second-order valence-corrected chi connectivity index (χ2v) is 14.3. The Kier molecular flexibility index (Phi) is 16.6. The summed E-state index contributed by atoms with van der Waals surface area (Å²) in [5, 5.41) is 22.0. The normalized spacial score (nSPS) is 13.4. The lowest BCUT2D eigenvalue weighted by atomic mass is 9.98. The van der Waals surface area contributed by atoms with Gasteiger partial charge >= 0.3 is 12.1 Å². The number of benzene rings is 3. The first-order valence-electron chi connectivity index (χ1n) is 17.9. The van der Waals surface area contributed by atoms with Gasteiger partial charge in [0.2, 0.25) is 5.91 Å². The van der Waals surface area contributed by atoms with Crippen molar-refractivity contribution in [2.75, 3.05) is 34.7 Å². The molecule has 0 unspecified atom stereocenters. The molecule has 0 heterocycles. The van der Waals surface area contributed by atoms with E-state index in [0.717, 1.165) is 16.7 Å². The maximum Gasteiger partial charge on any atom is 0.317 e. The van der Waals surface area contributed by atoms with Gasteiger partial charge in [0, 0.05) is 41.3 Å². The van der Waals surface area contributed by atoms with Crippen LogP contribution in [0.25, 0.3) is 0 Å². The molecular weight excluding hydrogens is 674 g/mol. The molecule has 0 bridgehead atoms. The molecule has 4 atom stereocenters. The molecule has 0 fully saturated rings. The largest absolute Gasteiger partial charge is 0.489 e. The van der Waals surface area contributed by atoms with Gasteiger partial charge in [-0.15, -0.1) is 0 Å². The lowest BCUT2D eigenvalue weighted by Gasteiger charge is -2.33. The predicted molar refractivity (Wildman–Crippen MR) is 206 cm³/mol.